The minimum Gasteiger partial charge on any atom is -0.382 e. The van der Waals surface area contributed by atoms with Crippen LogP contribution in [-0.4, -0.2) is 19.8 Å². The second kappa shape index (κ2) is 7.74. The first-order valence-electron chi connectivity index (χ1n) is 6.49. The van der Waals surface area contributed by atoms with E-state index in [1.807, 2.05) is 0 Å². The molecule has 0 saturated heterocycles. The summed E-state index contributed by atoms with van der Waals surface area (Å²) in [5.74, 6) is 0.570. The van der Waals surface area contributed by atoms with Crippen molar-refractivity contribution >= 4 is 17.3 Å². The number of nitrogens with one attached hydrogen (secondary N) is 1. The van der Waals surface area contributed by atoms with Crippen LogP contribution in [0.5, 0.6) is 0 Å². The Hall–Kier alpha value is -0.940. The van der Waals surface area contributed by atoms with Crippen LogP contribution in [-0.2, 0) is 10.9 Å². The van der Waals surface area contributed by atoms with Crippen molar-refractivity contribution in [3.05, 3.63) is 28.8 Å². The zero-order valence-corrected chi connectivity index (χ0v) is 12.3. The predicted molar refractivity (Wildman–Crippen MR) is 75.2 cm³/mol. The Morgan fingerprint density at radius 1 is 1.25 bits per heavy atom. The zero-order chi connectivity index (χ0) is 15.2. The van der Waals surface area contributed by atoms with Gasteiger partial charge in [0.25, 0.3) is 0 Å². The molecule has 0 radical (unpaired) electrons. The van der Waals surface area contributed by atoms with Gasteiger partial charge in [0.05, 0.1) is 22.9 Å². The Morgan fingerprint density at radius 3 is 2.55 bits per heavy atom. The monoisotopic (exact) mass is 309 g/mol. The molecule has 0 unspecified atom stereocenters. The normalized spacial score (nSPS) is 11.9. The molecule has 6 heteroatoms. The van der Waals surface area contributed by atoms with E-state index in [0.29, 0.717) is 25.7 Å². The molecule has 0 heterocycles. The van der Waals surface area contributed by atoms with Crippen LogP contribution in [0.25, 0.3) is 0 Å². The van der Waals surface area contributed by atoms with Crippen molar-refractivity contribution in [1.29, 1.82) is 0 Å². The van der Waals surface area contributed by atoms with E-state index in [9.17, 15) is 13.2 Å². The molecule has 1 aromatic carbocycles. The molecule has 0 aliphatic rings. The summed E-state index contributed by atoms with van der Waals surface area (Å²) in [4.78, 5) is 0. The lowest BCUT2D eigenvalue weighted by Gasteiger charge is -2.12. The molecular formula is C14H19ClF3NO. The van der Waals surface area contributed by atoms with E-state index in [4.69, 9.17) is 16.3 Å². The number of rotatable bonds is 7. The number of benzene rings is 1. The Kier molecular flexibility index (Phi) is 6.62. The Labute approximate surface area is 122 Å². The summed E-state index contributed by atoms with van der Waals surface area (Å²) in [6.07, 6.45) is -3.40. The average molecular weight is 310 g/mol. The molecule has 0 aliphatic carbocycles. The van der Waals surface area contributed by atoms with Gasteiger partial charge >= 0.3 is 6.18 Å². The summed E-state index contributed by atoms with van der Waals surface area (Å²) in [6, 6.07) is 3.22. The highest BCUT2D eigenvalue weighted by Crippen LogP contribution is 2.33. The van der Waals surface area contributed by atoms with Gasteiger partial charge in [0.2, 0.25) is 0 Å². The number of hydrogen-bond acceptors (Lipinski definition) is 2. The fourth-order valence-corrected chi connectivity index (χ4v) is 1.70. The van der Waals surface area contributed by atoms with Crippen molar-refractivity contribution in [3.8, 4) is 0 Å². The molecule has 0 aromatic heterocycles. The number of alkyl halides is 3. The lowest BCUT2D eigenvalue weighted by Crippen LogP contribution is -2.12. The average Bonchev–Trinajstić information content (AvgIpc) is 2.33. The van der Waals surface area contributed by atoms with Gasteiger partial charge in [-0.2, -0.15) is 13.2 Å². The third kappa shape index (κ3) is 6.01. The molecule has 0 amide bonds. The third-order valence-electron chi connectivity index (χ3n) is 2.70. The van der Waals surface area contributed by atoms with E-state index in [-0.39, 0.29) is 10.7 Å². The van der Waals surface area contributed by atoms with E-state index >= 15 is 0 Å². The molecule has 0 saturated carbocycles. The second-order valence-corrected chi connectivity index (χ2v) is 5.32. The van der Waals surface area contributed by atoms with Crippen LogP contribution >= 0.6 is 11.6 Å². The molecule has 0 atom stereocenters. The summed E-state index contributed by atoms with van der Waals surface area (Å²) < 4.78 is 43.1. The van der Waals surface area contributed by atoms with Crippen LogP contribution in [0.3, 0.4) is 0 Å². The number of hydrogen-bond donors (Lipinski definition) is 1. The summed E-state index contributed by atoms with van der Waals surface area (Å²) in [6.45, 7) is 5.70. The van der Waals surface area contributed by atoms with Gasteiger partial charge in [0.15, 0.2) is 0 Å². The first kappa shape index (κ1) is 17.1. The molecule has 2 nitrogen and oxygen atoms in total. The zero-order valence-electron chi connectivity index (χ0n) is 11.6. The Morgan fingerprint density at radius 2 is 1.95 bits per heavy atom. The minimum absolute atomic E-state index is 0.264. The van der Waals surface area contributed by atoms with Crippen molar-refractivity contribution in [2.24, 2.45) is 5.92 Å². The van der Waals surface area contributed by atoms with Gasteiger partial charge in [0.1, 0.15) is 0 Å². The highest BCUT2D eigenvalue weighted by Gasteiger charge is 2.30. The van der Waals surface area contributed by atoms with E-state index in [0.717, 1.165) is 18.6 Å². The fraction of sp³-hybridized carbons (Fsp3) is 0.571. The second-order valence-electron chi connectivity index (χ2n) is 4.91. The number of anilines is 1. The highest BCUT2D eigenvalue weighted by atomic mass is 35.5. The van der Waals surface area contributed by atoms with Crippen LogP contribution in [0.15, 0.2) is 18.2 Å². The first-order valence-corrected chi connectivity index (χ1v) is 6.87. The lowest BCUT2D eigenvalue weighted by atomic mass is 10.1. The molecule has 0 aliphatic heterocycles. The van der Waals surface area contributed by atoms with Crippen molar-refractivity contribution in [1.82, 2.24) is 0 Å². The van der Waals surface area contributed by atoms with E-state index in [2.05, 4.69) is 19.2 Å². The number of halogens is 4. The smallest absolute Gasteiger partial charge is 0.382 e. The van der Waals surface area contributed by atoms with Gasteiger partial charge in [-0.1, -0.05) is 25.4 Å². The van der Waals surface area contributed by atoms with Crippen molar-refractivity contribution in [2.45, 2.75) is 26.4 Å². The van der Waals surface area contributed by atoms with Gasteiger partial charge in [-0.05, 0) is 30.5 Å². The minimum atomic E-state index is -4.37. The SMILES string of the molecule is CC(C)CCOCCNc1cc(C(F)(F)F)ccc1Cl. The van der Waals surface area contributed by atoms with E-state index < -0.39 is 11.7 Å². The van der Waals surface area contributed by atoms with Gasteiger partial charge in [-0.15, -0.1) is 0 Å². The summed E-state index contributed by atoms with van der Waals surface area (Å²) in [5, 5.41) is 3.12. The van der Waals surface area contributed by atoms with Crippen LogP contribution in [0.1, 0.15) is 25.8 Å². The van der Waals surface area contributed by atoms with E-state index in [1.54, 1.807) is 0 Å². The molecule has 1 rings (SSSR count). The maximum atomic E-state index is 12.6. The lowest BCUT2D eigenvalue weighted by molar-refractivity contribution is -0.137. The van der Waals surface area contributed by atoms with Gasteiger partial charge < -0.3 is 10.1 Å². The van der Waals surface area contributed by atoms with Gasteiger partial charge in [-0.25, -0.2) is 0 Å². The van der Waals surface area contributed by atoms with Crippen LogP contribution in [0, 0.1) is 5.92 Å². The molecular weight excluding hydrogens is 291 g/mol. The molecule has 1 N–H and O–H groups in total. The summed E-state index contributed by atoms with van der Waals surface area (Å²) in [7, 11) is 0. The molecule has 0 bridgehead atoms. The molecule has 114 valence electrons. The predicted octanol–water partition coefficient (Wildman–Crippen LogP) is 4.83. The van der Waals surface area contributed by atoms with Crippen molar-refractivity contribution < 1.29 is 17.9 Å². The Balaban J connectivity index is 2.43. The fourth-order valence-electron chi connectivity index (χ4n) is 1.52. The standard InChI is InChI=1S/C14H19ClF3NO/c1-10(2)5-7-20-8-6-19-13-9-11(14(16,17)18)3-4-12(13)15/h3-4,9-10,19H,5-8H2,1-2H3. The quantitative estimate of drug-likeness (QED) is 0.728. The van der Waals surface area contributed by atoms with Crippen molar-refractivity contribution in [2.75, 3.05) is 25.1 Å². The maximum absolute atomic E-state index is 12.6. The molecule has 0 spiro atoms. The Bertz CT molecular complexity index is 421. The van der Waals surface area contributed by atoms with Gasteiger partial charge in [-0.3, -0.25) is 0 Å². The van der Waals surface area contributed by atoms with Crippen LogP contribution < -0.4 is 5.32 Å². The third-order valence-corrected chi connectivity index (χ3v) is 3.02. The number of ether oxygens (including phenoxy) is 1. The first-order chi connectivity index (χ1) is 9.30. The maximum Gasteiger partial charge on any atom is 0.416 e. The van der Waals surface area contributed by atoms with Crippen LogP contribution in [0.2, 0.25) is 5.02 Å². The topological polar surface area (TPSA) is 21.3 Å². The molecule has 0 fully saturated rings. The molecule has 20 heavy (non-hydrogen) atoms. The van der Waals surface area contributed by atoms with Crippen molar-refractivity contribution in [3.63, 3.8) is 0 Å². The van der Waals surface area contributed by atoms with E-state index in [1.165, 1.54) is 6.07 Å². The summed E-state index contributed by atoms with van der Waals surface area (Å²) in [5.41, 5.74) is -0.445. The van der Waals surface area contributed by atoms with Gasteiger partial charge in [0, 0.05) is 13.2 Å². The summed E-state index contributed by atoms with van der Waals surface area (Å²) >= 11 is 5.86. The van der Waals surface area contributed by atoms with Crippen LogP contribution in [0.4, 0.5) is 18.9 Å². The largest absolute Gasteiger partial charge is 0.416 e. The highest BCUT2D eigenvalue weighted by molar-refractivity contribution is 6.33. The molecule has 1 aromatic rings.